The second-order valence-electron chi connectivity index (χ2n) is 11.0. The summed E-state index contributed by atoms with van der Waals surface area (Å²) in [6.45, 7) is 15.2. The smallest absolute Gasteiger partial charge is 0.444 e. The van der Waals surface area contributed by atoms with E-state index in [1.165, 1.54) is 0 Å². The van der Waals surface area contributed by atoms with Crippen molar-refractivity contribution in [2.45, 2.75) is 84.2 Å². The molecule has 2 saturated heterocycles. The van der Waals surface area contributed by atoms with Crippen molar-refractivity contribution in [1.82, 2.24) is 14.8 Å². The van der Waals surface area contributed by atoms with Gasteiger partial charge < -0.3 is 23.8 Å². The molecule has 8 nitrogen and oxygen atoms in total. The zero-order valence-corrected chi connectivity index (χ0v) is 20.2. The summed E-state index contributed by atoms with van der Waals surface area (Å²) in [5.41, 5.74) is 0.689. The fourth-order valence-corrected chi connectivity index (χ4v) is 4.32. The maximum Gasteiger partial charge on any atom is 0.496 e. The molecule has 32 heavy (non-hydrogen) atoms. The maximum absolute atomic E-state index is 13.4. The van der Waals surface area contributed by atoms with Crippen molar-refractivity contribution in [2.24, 2.45) is 0 Å². The highest BCUT2D eigenvalue weighted by molar-refractivity contribution is 6.62. The van der Waals surface area contributed by atoms with E-state index in [2.05, 4.69) is 4.98 Å². The third-order valence-corrected chi connectivity index (χ3v) is 6.85. The quantitative estimate of drug-likeness (QED) is 0.653. The van der Waals surface area contributed by atoms with Crippen molar-refractivity contribution >= 4 is 24.6 Å². The van der Waals surface area contributed by atoms with Gasteiger partial charge in [-0.05, 0) is 61.0 Å². The van der Waals surface area contributed by atoms with Crippen molar-refractivity contribution in [3.05, 3.63) is 23.5 Å². The number of carbonyl (C=O) groups is 2. The van der Waals surface area contributed by atoms with Crippen LogP contribution in [-0.4, -0.2) is 76.4 Å². The number of nitrogens with zero attached hydrogens (tertiary/aromatic N) is 3. The lowest BCUT2D eigenvalue weighted by atomic mass is 9.79. The van der Waals surface area contributed by atoms with E-state index in [-0.39, 0.29) is 18.0 Å². The lowest BCUT2D eigenvalue weighted by Crippen LogP contribution is -2.47. The van der Waals surface area contributed by atoms with Gasteiger partial charge in [0.05, 0.1) is 28.5 Å². The van der Waals surface area contributed by atoms with Crippen LogP contribution in [-0.2, 0) is 20.5 Å². The number of carbonyl (C=O) groups excluding carboxylic acids is 2. The van der Waals surface area contributed by atoms with E-state index in [1.54, 1.807) is 11.1 Å². The molecule has 1 aromatic rings. The fourth-order valence-electron chi connectivity index (χ4n) is 4.32. The highest BCUT2D eigenvalue weighted by Gasteiger charge is 2.52. The summed E-state index contributed by atoms with van der Waals surface area (Å²) in [5, 5.41) is 0. The Morgan fingerprint density at radius 3 is 2.47 bits per heavy atom. The van der Waals surface area contributed by atoms with Gasteiger partial charge in [0.1, 0.15) is 5.60 Å². The molecular weight excluding hydrogens is 409 g/mol. The maximum atomic E-state index is 13.4. The summed E-state index contributed by atoms with van der Waals surface area (Å²) < 4.78 is 17.8. The van der Waals surface area contributed by atoms with Gasteiger partial charge in [-0.15, -0.1) is 0 Å². The first-order valence-electron chi connectivity index (χ1n) is 11.4. The molecule has 3 aliphatic rings. The van der Waals surface area contributed by atoms with Crippen molar-refractivity contribution in [1.29, 1.82) is 0 Å². The van der Waals surface area contributed by atoms with Crippen LogP contribution in [0.4, 0.5) is 4.79 Å². The molecule has 3 aliphatic heterocycles. The topological polar surface area (TPSA) is 81.2 Å². The predicted molar refractivity (Wildman–Crippen MR) is 121 cm³/mol. The van der Waals surface area contributed by atoms with Crippen LogP contribution in [0.15, 0.2) is 12.3 Å². The molecule has 0 saturated carbocycles. The van der Waals surface area contributed by atoms with Gasteiger partial charge >= 0.3 is 13.2 Å². The van der Waals surface area contributed by atoms with Crippen LogP contribution in [0.5, 0.6) is 0 Å². The van der Waals surface area contributed by atoms with Crippen molar-refractivity contribution < 1.29 is 23.6 Å². The van der Waals surface area contributed by atoms with E-state index in [4.69, 9.17) is 14.0 Å². The lowest BCUT2D eigenvalue weighted by molar-refractivity contribution is 0.00578. The van der Waals surface area contributed by atoms with Crippen molar-refractivity contribution in [3.63, 3.8) is 0 Å². The molecule has 1 atom stereocenters. The van der Waals surface area contributed by atoms with Crippen molar-refractivity contribution in [2.75, 3.05) is 19.6 Å². The van der Waals surface area contributed by atoms with E-state index < -0.39 is 23.9 Å². The zero-order valence-electron chi connectivity index (χ0n) is 20.2. The van der Waals surface area contributed by atoms with Gasteiger partial charge in [0.15, 0.2) is 0 Å². The Kier molecular flexibility index (Phi) is 5.57. The van der Waals surface area contributed by atoms with Crippen LogP contribution < -0.4 is 5.46 Å². The molecule has 4 rings (SSSR count). The molecule has 2 fully saturated rings. The zero-order chi connectivity index (χ0) is 23.5. The van der Waals surface area contributed by atoms with Gasteiger partial charge in [-0.25, -0.2) is 4.79 Å². The first-order valence-corrected chi connectivity index (χ1v) is 11.4. The Balaban J connectivity index is 1.48. The standard InChI is InChI=1S/C23H34BN3O5/c1-21(2,3)30-20(29)26-10-8-16(14-26)27-11-9-18-17(19(27)28)12-15(13-25-18)24-31-22(4,5)23(6,7)32-24/h12-13,16H,8-11,14H2,1-7H3. The van der Waals surface area contributed by atoms with E-state index in [1.807, 2.05) is 59.4 Å². The number of hydrogen-bond donors (Lipinski definition) is 0. The van der Waals surface area contributed by atoms with Gasteiger partial charge in [0.2, 0.25) is 0 Å². The number of aromatic nitrogens is 1. The van der Waals surface area contributed by atoms with Gasteiger partial charge in [0.25, 0.3) is 5.91 Å². The molecule has 2 amide bonds. The molecule has 0 aliphatic carbocycles. The van der Waals surface area contributed by atoms with Gasteiger partial charge in [-0.3, -0.25) is 9.78 Å². The molecule has 0 N–H and O–H groups in total. The molecule has 174 valence electrons. The van der Waals surface area contributed by atoms with Crippen LogP contribution in [0.3, 0.4) is 0 Å². The third kappa shape index (κ3) is 4.24. The second kappa shape index (κ2) is 7.73. The molecule has 4 heterocycles. The lowest BCUT2D eigenvalue weighted by Gasteiger charge is -2.33. The minimum atomic E-state index is -0.560. The Labute approximate surface area is 190 Å². The summed E-state index contributed by atoms with van der Waals surface area (Å²) in [6.07, 6.45) is 2.86. The van der Waals surface area contributed by atoms with E-state index in [0.717, 1.165) is 17.6 Å². The van der Waals surface area contributed by atoms with Crippen LogP contribution >= 0.6 is 0 Å². The SMILES string of the molecule is CC(C)(C)OC(=O)N1CCC(N2CCc3ncc(B4OC(C)(C)C(C)(C)O4)cc3C2=O)C1. The van der Waals surface area contributed by atoms with Crippen LogP contribution in [0.25, 0.3) is 0 Å². The summed E-state index contributed by atoms with van der Waals surface area (Å²) in [4.78, 5) is 34.0. The number of likely N-dealkylation sites (tertiary alicyclic amines) is 1. The van der Waals surface area contributed by atoms with Crippen LogP contribution in [0.1, 0.15) is 70.9 Å². The number of rotatable bonds is 2. The third-order valence-electron chi connectivity index (χ3n) is 6.85. The average molecular weight is 443 g/mol. The Morgan fingerprint density at radius 1 is 1.19 bits per heavy atom. The molecule has 1 aromatic heterocycles. The van der Waals surface area contributed by atoms with E-state index >= 15 is 0 Å². The van der Waals surface area contributed by atoms with Gasteiger partial charge in [-0.2, -0.15) is 0 Å². The minimum absolute atomic E-state index is 0.0244. The van der Waals surface area contributed by atoms with Crippen molar-refractivity contribution in [3.8, 4) is 0 Å². The summed E-state index contributed by atoms with van der Waals surface area (Å²) in [5.74, 6) is -0.0480. The largest absolute Gasteiger partial charge is 0.496 e. The fraction of sp³-hybridized carbons (Fsp3) is 0.696. The van der Waals surface area contributed by atoms with Crippen LogP contribution in [0, 0.1) is 0 Å². The number of hydrogen-bond acceptors (Lipinski definition) is 6. The normalized spacial score (nSPS) is 24.7. The highest BCUT2D eigenvalue weighted by atomic mass is 16.7. The molecule has 0 radical (unpaired) electrons. The second-order valence-corrected chi connectivity index (χ2v) is 11.0. The highest BCUT2D eigenvalue weighted by Crippen LogP contribution is 2.36. The van der Waals surface area contributed by atoms with Crippen LogP contribution in [0.2, 0.25) is 0 Å². The number of ether oxygens (including phenoxy) is 1. The average Bonchev–Trinajstić information content (AvgIpc) is 3.23. The minimum Gasteiger partial charge on any atom is -0.444 e. The number of amides is 2. The van der Waals surface area contributed by atoms with Gasteiger partial charge in [-0.1, -0.05) is 0 Å². The van der Waals surface area contributed by atoms with E-state index in [0.29, 0.717) is 31.6 Å². The summed E-state index contributed by atoms with van der Waals surface area (Å²) in [7, 11) is -0.560. The molecule has 0 aromatic carbocycles. The first kappa shape index (κ1) is 23.0. The predicted octanol–water partition coefficient (Wildman–Crippen LogP) is 2.39. The summed E-state index contributed by atoms with van der Waals surface area (Å²) >= 11 is 0. The summed E-state index contributed by atoms with van der Waals surface area (Å²) in [6, 6.07) is 1.84. The molecular formula is C23H34BN3O5. The van der Waals surface area contributed by atoms with Gasteiger partial charge in [0, 0.05) is 37.7 Å². The monoisotopic (exact) mass is 443 g/mol. The molecule has 0 bridgehead atoms. The Hall–Kier alpha value is -2.13. The Morgan fingerprint density at radius 2 is 1.84 bits per heavy atom. The molecule has 0 spiro atoms. The Bertz CT molecular complexity index is 911. The number of pyridine rings is 1. The van der Waals surface area contributed by atoms with E-state index in [9.17, 15) is 9.59 Å². The number of fused-ring (bicyclic) bond motifs is 1. The molecule has 1 unspecified atom stereocenters. The first-order chi connectivity index (χ1) is 14.8. The molecule has 9 heteroatoms.